The maximum Gasteiger partial charge on any atom is 0.241 e. The number of benzene rings is 1. The van der Waals surface area contributed by atoms with Crippen molar-refractivity contribution in [3.8, 4) is 0 Å². The summed E-state index contributed by atoms with van der Waals surface area (Å²) in [5, 5.41) is 0. The van der Waals surface area contributed by atoms with Gasteiger partial charge in [0.05, 0.1) is 6.61 Å². The number of hydrazine groups is 1. The number of piperidine rings is 1. The molecule has 0 spiro atoms. The summed E-state index contributed by atoms with van der Waals surface area (Å²) >= 11 is 0. The maximum absolute atomic E-state index is 13.9. The zero-order valence-corrected chi connectivity index (χ0v) is 18.0. The molecule has 7 heteroatoms. The van der Waals surface area contributed by atoms with E-state index in [0.29, 0.717) is 31.7 Å². The number of carbonyl (C=O) groups is 1. The average Bonchev–Trinajstić information content (AvgIpc) is 3.50. The number of amides is 1. The average molecular weight is 419 g/mol. The molecule has 3 aliphatic rings. The van der Waals surface area contributed by atoms with Gasteiger partial charge in [0.15, 0.2) is 0 Å². The molecule has 1 aliphatic carbocycles. The number of nitrogens with one attached hydrogen (secondary N) is 2. The second-order valence-corrected chi connectivity index (χ2v) is 9.11. The Bertz CT molecular complexity index is 706. The van der Waals surface area contributed by atoms with E-state index in [1.165, 1.54) is 18.9 Å². The molecule has 166 valence electrons. The molecular formula is C23H35FN4O2. The minimum atomic E-state index is -0.131. The summed E-state index contributed by atoms with van der Waals surface area (Å²) in [7, 11) is 1.68. The fourth-order valence-corrected chi connectivity index (χ4v) is 4.77. The minimum Gasteiger partial charge on any atom is -0.383 e. The summed E-state index contributed by atoms with van der Waals surface area (Å²) in [6.07, 6.45) is 5.50. The Morgan fingerprint density at radius 1 is 1.20 bits per heavy atom. The molecule has 0 aromatic heterocycles. The third kappa shape index (κ3) is 5.58. The Hall–Kier alpha value is -1.54. The molecule has 1 aromatic carbocycles. The van der Waals surface area contributed by atoms with Crippen LogP contribution in [0.15, 0.2) is 24.3 Å². The molecule has 2 aliphatic heterocycles. The highest BCUT2D eigenvalue weighted by Crippen LogP contribution is 2.35. The number of ether oxygens (including phenoxy) is 1. The number of nitrogens with zero attached hydrogens (tertiary/aromatic N) is 2. The van der Waals surface area contributed by atoms with Gasteiger partial charge in [0.2, 0.25) is 5.91 Å². The van der Waals surface area contributed by atoms with Crippen LogP contribution in [0.3, 0.4) is 0 Å². The zero-order chi connectivity index (χ0) is 20.9. The van der Waals surface area contributed by atoms with Crippen molar-refractivity contribution in [1.82, 2.24) is 20.7 Å². The Balaban J connectivity index is 1.27. The number of halogens is 1. The molecular weight excluding hydrogens is 383 g/mol. The fourth-order valence-electron chi connectivity index (χ4n) is 4.77. The summed E-state index contributed by atoms with van der Waals surface area (Å²) in [6, 6.07) is 7.33. The molecule has 1 aromatic rings. The largest absolute Gasteiger partial charge is 0.383 e. The van der Waals surface area contributed by atoms with Crippen molar-refractivity contribution in [1.29, 1.82) is 0 Å². The number of carbonyl (C=O) groups excluding carboxylic acids is 1. The quantitative estimate of drug-likeness (QED) is 0.644. The van der Waals surface area contributed by atoms with Gasteiger partial charge in [-0.15, -0.1) is 0 Å². The van der Waals surface area contributed by atoms with E-state index < -0.39 is 0 Å². The summed E-state index contributed by atoms with van der Waals surface area (Å²) in [5.74, 6) is 1.28. The summed E-state index contributed by atoms with van der Waals surface area (Å²) in [5.41, 5.74) is 7.33. The summed E-state index contributed by atoms with van der Waals surface area (Å²) < 4.78 is 19.2. The van der Waals surface area contributed by atoms with E-state index >= 15 is 0 Å². The van der Waals surface area contributed by atoms with Crippen LogP contribution in [0.5, 0.6) is 0 Å². The number of methoxy groups -OCH3 is 1. The molecule has 6 nitrogen and oxygen atoms in total. The van der Waals surface area contributed by atoms with E-state index in [4.69, 9.17) is 4.74 Å². The molecule has 4 rings (SSSR count). The van der Waals surface area contributed by atoms with Crippen LogP contribution in [0.4, 0.5) is 4.39 Å². The zero-order valence-electron chi connectivity index (χ0n) is 18.0. The van der Waals surface area contributed by atoms with Gasteiger partial charge in [-0.1, -0.05) is 18.2 Å². The van der Waals surface area contributed by atoms with Crippen molar-refractivity contribution < 1.29 is 13.9 Å². The van der Waals surface area contributed by atoms with Crippen LogP contribution in [0, 0.1) is 17.7 Å². The molecule has 1 saturated carbocycles. The molecule has 1 amide bonds. The van der Waals surface area contributed by atoms with Gasteiger partial charge in [0.1, 0.15) is 11.9 Å². The van der Waals surface area contributed by atoms with Crippen LogP contribution in [-0.4, -0.2) is 67.7 Å². The van der Waals surface area contributed by atoms with Crippen LogP contribution in [0.25, 0.3) is 0 Å². The van der Waals surface area contributed by atoms with Crippen molar-refractivity contribution >= 4 is 5.91 Å². The molecule has 0 bridgehead atoms. The highest BCUT2D eigenvalue weighted by Gasteiger charge is 2.40. The monoisotopic (exact) mass is 418 g/mol. The first-order valence-corrected chi connectivity index (χ1v) is 11.4. The van der Waals surface area contributed by atoms with E-state index in [1.54, 1.807) is 13.2 Å². The third-order valence-corrected chi connectivity index (χ3v) is 6.84. The molecule has 2 unspecified atom stereocenters. The maximum atomic E-state index is 13.9. The van der Waals surface area contributed by atoms with Crippen molar-refractivity contribution in [3.63, 3.8) is 0 Å². The highest BCUT2D eigenvalue weighted by atomic mass is 19.1. The van der Waals surface area contributed by atoms with Crippen molar-refractivity contribution in [2.75, 3.05) is 39.9 Å². The lowest BCUT2D eigenvalue weighted by atomic mass is 9.95. The van der Waals surface area contributed by atoms with Gasteiger partial charge in [-0.25, -0.2) is 9.82 Å². The first kappa shape index (κ1) is 21.7. The fraction of sp³-hybridized carbons (Fsp3) is 0.696. The lowest BCUT2D eigenvalue weighted by Gasteiger charge is -2.35. The Morgan fingerprint density at radius 3 is 2.67 bits per heavy atom. The van der Waals surface area contributed by atoms with Gasteiger partial charge < -0.3 is 9.64 Å². The highest BCUT2D eigenvalue weighted by molar-refractivity contribution is 5.82. The van der Waals surface area contributed by atoms with Crippen LogP contribution < -0.4 is 10.9 Å². The van der Waals surface area contributed by atoms with Crippen LogP contribution >= 0.6 is 0 Å². The van der Waals surface area contributed by atoms with Gasteiger partial charge in [-0.3, -0.25) is 15.1 Å². The van der Waals surface area contributed by atoms with Crippen molar-refractivity contribution in [2.24, 2.45) is 11.8 Å². The smallest absolute Gasteiger partial charge is 0.241 e. The van der Waals surface area contributed by atoms with Gasteiger partial charge in [-0.2, -0.15) is 0 Å². The third-order valence-electron chi connectivity index (χ3n) is 6.84. The van der Waals surface area contributed by atoms with Gasteiger partial charge >= 0.3 is 0 Å². The first-order chi connectivity index (χ1) is 14.6. The van der Waals surface area contributed by atoms with E-state index in [-0.39, 0.29) is 17.8 Å². The standard InChI is InChI=1S/C23H35FN4O2/c1-30-13-12-28(23(29)22-14-21(25-26-22)18-6-7-18)15-17-8-10-27(11-9-17)16-19-4-2-3-5-20(19)24/h2-5,17-18,21-22,25-26H,6-16H2,1H3. The lowest BCUT2D eigenvalue weighted by molar-refractivity contribution is -0.134. The number of likely N-dealkylation sites (tertiary alicyclic amines) is 1. The Morgan fingerprint density at radius 2 is 1.97 bits per heavy atom. The van der Waals surface area contributed by atoms with Crippen LogP contribution in [-0.2, 0) is 16.1 Å². The molecule has 2 saturated heterocycles. The van der Waals surface area contributed by atoms with Gasteiger partial charge in [-0.05, 0) is 63.1 Å². The van der Waals surface area contributed by atoms with E-state index in [0.717, 1.165) is 50.4 Å². The predicted molar refractivity (Wildman–Crippen MR) is 114 cm³/mol. The molecule has 3 fully saturated rings. The topological polar surface area (TPSA) is 56.8 Å². The normalized spacial score (nSPS) is 25.5. The Kier molecular flexibility index (Phi) is 7.36. The number of hydrogen-bond acceptors (Lipinski definition) is 5. The van der Waals surface area contributed by atoms with E-state index in [2.05, 4.69) is 15.8 Å². The first-order valence-electron chi connectivity index (χ1n) is 11.4. The number of rotatable bonds is 9. The molecule has 2 atom stereocenters. The molecule has 2 N–H and O–H groups in total. The van der Waals surface area contributed by atoms with Crippen molar-refractivity contribution in [2.45, 2.75) is 50.7 Å². The van der Waals surface area contributed by atoms with Crippen LogP contribution in [0.1, 0.15) is 37.7 Å². The second-order valence-electron chi connectivity index (χ2n) is 9.11. The predicted octanol–water partition coefficient (Wildman–Crippen LogP) is 2.16. The molecule has 2 heterocycles. The van der Waals surface area contributed by atoms with E-state index in [1.807, 2.05) is 17.0 Å². The van der Waals surface area contributed by atoms with Crippen molar-refractivity contribution in [3.05, 3.63) is 35.6 Å². The van der Waals surface area contributed by atoms with Gasteiger partial charge in [0, 0.05) is 38.3 Å². The minimum absolute atomic E-state index is 0.127. The lowest BCUT2D eigenvalue weighted by Crippen LogP contribution is -2.49. The molecule has 30 heavy (non-hydrogen) atoms. The second kappa shape index (κ2) is 10.2. The summed E-state index contributed by atoms with van der Waals surface area (Å²) in [6.45, 7) is 4.52. The number of hydrogen-bond donors (Lipinski definition) is 2. The molecule has 0 radical (unpaired) electrons. The van der Waals surface area contributed by atoms with Gasteiger partial charge in [0.25, 0.3) is 0 Å². The Labute approximate surface area is 179 Å². The SMILES string of the molecule is COCCN(CC1CCN(Cc2ccccc2F)CC1)C(=O)C1CC(C2CC2)NN1. The van der Waals surface area contributed by atoms with Crippen LogP contribution in [0.2, 0.25) is 0 Å². The van der Waals surface area contributed by atoms with E-state index in [9.17, 15) is 9.18 Å². The summed E-state index contributed by atoms with van der Waals surface area (Å²) in [4.78, 5) is 17.5.